The fraction of sp³-hybridized carbons (Fsp3) is 0.500. The summed E-state index contributed by atoms with van der Waals surface area (Å²) in [4.78, 5) is 37.4. The van der Waals surface area contributed by atoms with Crippen LogP contribution in [0.4, 0.5) is 4.79 Å². The van der Waals surface area contributed by atoms with Crippen LogP contribution in [0.25, 0.3) is 0 Å². The molecule has 0 spiro atoms. The molecule has 2 aliphatic heterocycles. The third kappa shape index (κ3) is 4.16. The molecule has 0 saturated carbocycles. The van der Waals surface area contributed by atoms with E-state index in [2.05, 4.69) is 25.4 Å². The highest BCUT2D eigenvalue weighted by molar-refractivity contribution is 7.80. The number of hydrazine groups is 1. The number of rotatable bonds is 5. The monoisotopic (exact) mass is 414 g/mol. The van der Waals surface area contributed by atoms with E-state index in [1.165, 1.54) is 6.20 Å². The summed E-state index contributed by atoms with van der Waals surface area (Å²) in [5, 5.41) is 16.2. The highest BCUT2D eigenvalue weighted by Crippen LogP contribution is 2.30. The first-order valence-corrected chi connectivity index (χ1v) is 9.20. The van der Waals surface area contributed by atoms with Crippen LogP contribution in [0.2, 0.25) is 0 Å². The van der Waals surface area contributed by atoms with Crippen molar-refractivity contribution in [2.24, 2.45) is 0 Å². The Balaban J connectivity index is 1.54. The Morgan fingerprint density at radius 2 is 2.14 bits per heavy atom. The average Bonchev–Trinajstić information content (AvgIpc) is 3.17. The van der Waals surface area contributed by atoms with Gasteiger partial charge in [-0.3, -0.25) is 25.0 Å². The Morgan fingerprint density at radius 1 is 1.39 bits per heavy atom. The predicted molar refractivity (Wildman–Crippen MR) is 84.4 cm³/mol. The number of carbonyl (C=O) groups is 3. The van der Waals surface area contributed by atoms with Gasteiger partial charge in [0.15, 0.2) is 5.69 Å². The molecule has 3 N–H and O–H groups in total. The van der Waals surface area contributed by atoms with Gasteiger partial charge in [0.1, 0.15) is 18.7 Å². The average molecular weight is 414 g/mol. The first kappa shape index (κ1) is 19.5. The summed E-state index contributed by atoms with van der Waals surface area (Å²) in [6.07, 6.45) is 1.69. The van der Waals surface area contributed by atoms with Crippen LogP contribution in [-0.2, 0) is 30.8 Å². The van der Waals surface area contributed by atoms with Crippen LogP contribution in [0, 0.1) is 11.3 Å². The maximum absolute atomic E-state index is 12.3. The lowest BCUT2D eigenvalue weighted by molar-refractivity contribution is -0.132. The van der Waals surface area contributed by atoms with Gasteiger partial charge in [-0.05, 0) is 12.8 Å². The van der Waals surface area contributed by atoms with Gasteiger partial charge in [-0.25, -0.2) is 9.48 Å². The van der Waals surface area contributed by atoms with E-state index >= 15 is 0 Å². The molecule has 1 aromatic rings. The topological polar surface area (TPSA) is 200 Å². The molecular weight excluding hydrogens is 400 g/mol. The number of amides is 4. The van der Waals surface area contributed by atoms with Gasteiger partial charge < -0.3 is 4.90 Å². The van der Waals surface area contributed by atoms with Crippen molar-refractivity contribution in [2.75, 3.05) is 6.54 Å². The molecule has 3 heterocycles. The summed E-state index contributed by atoms with van der Waals surface area (Å²) in [6.45, 7) is -0.281. The van der Waals surface area contributed by atoms with E-state index in [0.29, 0.717) is 5.06 Å². The van der Waals surface area contributed by atoms with E-state index in [1.54, 1.807) is 6.07 Å². The van der Waals surface area contributed by atoms with Crippen molar-refractivity contribution in [3.63, 3.8) is 0 Å². The normalized spacial score (nSPS) is 21.4. The Morgan fingerprint density at radius 3 is 2.79 bits per heavy atom. The van der Waals surface area contributed by atoms with Gasteiger partial charge in [0, 0.05) is 6.54 Å². The van der Waals surface area contributed by atoms with E-state index in [0.717, 1.165) is 9.58 Å². The third-order valence-electron chi connectivity index (χ3n) is 4.08. The molecule has 0 aliphatic carbocycles. The molecule has 2 fully saturated rings. The zero-order chi connectivity index (χ0) is 20.5. The van der Waals surface area contributed by atoms with E-state index in [-0.39, 0.29) is 31.6 Å². The smallest absolute Gasteiger partial charge is 0.309 e. The van der Waals surface area contributed by atoms with Gasteiger partial charge in [0.2, 0.25) is 0 Å². The highest BCUT2D eigenvalue weighted by Gasteiger charge is 2.49. The number of urea groups is 1. The fourth-order valence-electron chi connectivity index (χ4n) is 2.93. The van der Waals surface area contributed by atoms with Crippen LogP contribution in [0.15, 0.2) is 6.20 Å². The van der Waals surface area contributed by atoms with Crippen molar-refractivity contribution < 1.29 is 31.6 Å². The lowest BCUT2D eigenvalue weighted by Gasteiger charge is -2.29. The fourth-order valence-corrected chi connectivity index (χ4v) is 3.32. The summed E-state index contributed by atoms with van der Waals surface area (Å²) >= 11 is 0. The molecule has 2 bridgehead atoms. The second-order valence-electron chi connectivity index (χ2n) is 5.96. The highest BCUT2D eigenvalue weighted by atomic mass is 32.3. The number of nitrogens with one attached hydrogen (secondary N) is 2. The van der Waals surface area contributed by atoms with Crippen molar-refractivity contribution in [1.29, 1.82) is 5.26 Å². The molecule has 16 heteroatoms. The minimum atomic E-state index is -4.88. The summed E-state index contributed by atoms with van der Waals surface area (Å²) < 4.78 is 35.8. The minimum Gasteiger partial charge on any atom is -0.309 e. The molecule has 2 saturated heterocycles. The Hall–Kier alpha value is -3.29. The molecule has 4 amide bonds. The van der Waals surface area contributed by atoms with Crippen LogP contribution in [-0.4, -0.2) is 74.4 Å². The minimum absolute atomic E-state index is 0.0241. The van der Waals surface area contributed by atoms with E-state index in [4.69, 9.17) is 9.81 Å². The number of nitriles is 1. The molecule has 15 nitrogen and oxygen atoms in total. The second kappa shape index (κ2) is 7.38. The van der Waals surface area contributed by atoms with Gasteiger partial charge in [-0.2, -0.15) is 18.7 Å². The van der Waals surface area contributed by atoms with Gasteiger partial charge in [-0.1, -0.05) is 5.21 Å². The zero-order valence-corrected chi connectivity index (χ0v) is 14.9. The molecule has 0 unspecified atom stereocenters. The van der Waals surface area contributed by atoms with Gasteiger partial charge in [0.25, 0.3) is 11.8 Å². The number of hydroxylamine groups is 2. The molecule has 0 aromatic carbocycles. The van der Waals surface area contributed by atoms with Crippen molar-refractivity contribution in [3.05, 3.63) is 11.9 Å². The summed E-state index contributed by atoms with van der Waals surface area (Å²) in [5.41, 5.74) is 4.35. The molecular formula is C12H14N8O7S. The molecule has 150 valence electrons. The summed E-state index contributed by atoms with van der Waals surface area (Å²) in [5.74, 6) is -1.34. The lowest BCUT2D eigenvalue weighted by Crippen LogP contribution is -2.54. The number of fused-ring (bicyclic) bond motifs is 2. The first-order chi connectivity index (χ1) is 13.2. The number of aromatic nitrogens is 3. The first-order valence-electron chi connectivity index (χ1n) is 7.83. The summed E-state index contributed by atoms with van der Waals surface area (Å²) in [6, 6.07) is -0.733. The van der Waals surface area contributed by atoms with Crippen LogP contribution in [0.3, 0.4) is 0 Å². The second-order valence-corrected chi connectivity index (χ2v) is 6.97. The SMILES string of the molecule is N#Cc1cn(CC(=O)NNC(=O)[C@@H]2CC[C@@H]3CN2C(=O)N3OS(=O)(=O)O)nn1. The third-order valence-corrected chi connectivity index (χ3v) is 4.43. The van der Waals surface area contributed by atoms with Gasteiger partial charge in [0.05, 0.1) is 12.2 Å². The number of hydrogen-bond donors (Lipinski definition) is 3. The number of piperidine rings is 1. The molecule has 3 rings (SSSR count). The van der Waals surface area contributed by atoms with Gasteiger partial charge in [-0.15, -0.1) is 9.38 Å². The largest absolute Gasteiger partial charge is 0.418 e. The maximum atomic E-state index is 12.3. The van der Waals surface area contributed by atoms with Crippen molar-refractivity contribution in [2.45, 2.75) is 31.5 Å². The summed E-state index contributed by atoms with van der Waals surface area (Å²) in [7, 11) is -4.88. The van der Waals surface area contributed by atoms with Crippen molar-refractivity contribution in [3.8, 4) is 6.07 Å². The Labute approximate surface area is 157 Å². The molecule has 1 aromatic heterocycles. The van der Waals surface area contributed by atoms with Crippen LogP contribution >= 0.6 is 0 Å². The number of nitrogens with zero attached hydrogens (tertiary/aromatic N) is 6. The van der Waals surface area contributed by atoms with Crippen molar-refractivity contribution >= 4 is 28.2 Å². The van der Waals surface area contributed by atoms with E-state index in [9.17, 15) is 22.8 Å². The number of carbonyl (C=O) groups excluding carboxylic acids is 3. The lowest BCUT2D eigenvalue weighted by atomic mass is 10.0. The van der Waals surface area contributed by atoms with E-state index in [1.807, 2.05) is 0 Å². The van der Waals surface area contributed by atoms with Gasteiger partial charge >= 0.3 is 16.4 Å². The maximum Gasteiger partial charge on any atom is 0.418 e. The molecule has 2 aliphatic rings. The zero-order valence-electron chi connectivity index (χ0n) is 14.0. The Bertz CT molecular complexity index is 953. The number of hydrogen-bond acceptors (Lipinski definition) is 9. The molecule has 28 heavy (non-hydrogen) atoms. The standard InChI is InChI=1S/C12H14N8O7S/c13-3-7-4-18(17-14-7)6-10(21)15-16-11(22)9-2-1-8-5-19(9)12(23)20(8)27-28(24,25)26/h4,8-9H,1-2,5-6H2,(H,15,21)(H,16,22)(H,24,25,26)/t8-,9+/m1/s1. The van der Waals surface area contributed by atoms with Crippen LogP contribution < -0.4 is 10.9 Å². The quantitative estimate of drug-likeness (QED) is 0.336. The van der Waals surface area contributed by atoms with E-state index < -0.39 is 40.3 Å². The Kier molecular flexibility index (Phi) is 5.13. The van der Waals surface area contributed by atoms with Crippen LogP contribution in [0.5, 0.6) is 0 Å². The van der Waals surface area contributed by atoms with Crippen molar-refractivity contribution in [1.82, 2.24) is 35.8 Å². The van der Waals surface area contributed by atoms with Crippen LogP contribution in [0.1, 0.15) is 18.5 Å². The predicted octanol–water partition coefficient (Wildman–Crippen LogP) is -2.70. The molecule has 0 radical (unpaired) electrons. The molecule has 2 atom stereocenters.